The first-order chi connectivity index (χ1) is 22.1. The summed E-state index contributed by atoms with van der Waals surface area (Å²) >= 11 is 8.51. The lowest BCUT2D eigenvalue weighted by molar-refractivity contribution is -0.143. The molecule has 0 fully saturated rings. The van der Waals surface area contributed by atoms with Crippen molar-refractivity contribution in [1.29, 1.82) is 0 Å². The van der Waals surface area contributed by atoms with Gasteiger partial charge < -0.3 is 36.2 Å². The maximum absolute atomic E-state index is 13.7. The number of aryl methyl sites for hydroxylation is 2. The summed E-state index contributed by atoms with van der Waals surface area (Å²) in [6.45, 7) is 11.5. The number of nitrogens with one attached hydrogen (secondary N) is 4. The SMILES string of the molecule is Cc1cc(O)cc(C)c1C[C@H](NC(=O)OC(C)(C)C)C(=O)N[C@H](CS)C(=O)N[C@@H](Cc1ccc(F)cc1)C(=O)N[C@@H](C(=O)O)C(C)(C)S. The molecule has 2 aromatic rings. The fraction of sp³-hybridized carbons (Fsp3) is 0.485. The monoisotopic (exact) mass is 708 g/mol. The Bertz CT molecular complexity index is 1470. The van der Waals surface area contributed by atoms with Crippen LogP contribution in [-0.2, 0) is 36.8 Å². The number of carboxylic acids is 1. The third-order valence-electron chi connectivity index (χ3n) is 7.14. The molecule has 6 N–H and O–H groups in total. The summed E-state index contributed by atoms with van der Waals surface area (Å²) in [7, 11) is 0. The Balaban J connectivity index is 2.36. The molecule has 0 saturated carbocycles. The molecular weight excluding hydrogens is 664 g/mol. The predicted molar refractivity (Wildman–Crippen MR) is 185 cm³/mol. The van der Waals surface area contributed by atoms with E-state index in [2.05, 4.69) is 46.5 Å². The van der Waals surface area contributed by atoms with E-state index in [0.29, 0.717) is 22.3 Å². The van der Waals surface area contributed by atoms with Crippen LogP contribution in [0.5, 0.6) is 5.75 Å². The van der Waals surface area contributed by atoms with Crippen molar-refractivity contribution in [2.24, 2.45) is 0 Å². The van der Waals surface area contributed by atoms with Crippen molar-refractivity contribution in [3.63, 3.8) is 0 Å². The fourth-order valence-electron chi connectivity index (χ4n) is 4.74. The van der Waals surface area contributed by atoms with Gasteiger partial charge in [-0.25, -0.2) is 14.0 Å². The Labute approximate surface area is 290 Å². The second kappa shape index (κ2) is 16.9. The summed E-state index contributed by atoms with van der Waals surface area (Å²) in [6, 6.07) is 2.88. The highest BCUT2D eigenvalue weighted by atomic mass is 32.1. The van der Waals surface area contributed by atoms with Crippen LogP contribution < -0.4 is 21.3 Å². The van der Waals surface area contributed by atoms with Crippen LogP contribution in [0, 0.1) is 19.7 Å². The van der Waals surface area contributed by atoms with Crippen molar-refractivity contribution in [2.75, 3.05) is 5.75 Å². The molecule has 0 aromatic heterocycles. The minimum Gasteiger partial charge on any atom is -0.508 e. The lowest BCUT2D eigenvalue weighted by Gasteiger charge is -2.30. The van der Waals surface area contributed by atoms with Crippen LogP contribution in [0.2, 0.25) is 0 Å². The normalized spacial score (nSPS) is 14.1. The second-order valence-corrected chi connectivity index (χ2v) is 14.5. The molecule has 2 rings (SSSR count). The molecule has 0 saturated heterocycles. The molecular formula is C33H45FN4O8S2. The number of alkyl carbamates (subject to hydrolysis) is 1. The average molecular weight is 709 g/mol. The van der Waals surface area contributed by atoms with Gasteiger partial charge in [0, 0.05) is 23.3 Å². The molecule has 4 amide bonds. The van der Waals surface area contributed by atoms with E-state index in [0.717, 1.165) is 0 Å². The molecule has 0 radical (unpaired) electrons. The number of ether oxygens (including phenoxy) is 1. The molecule has 2 aromatic carbocycles. The van der Waals surface area contributed by atoms with Crippen molar-refractivity contribution < 1.29 is 43.3 Å². The number of halogens is 1. The van der Waals surface area contributed by atoms with E-state index in [4.69, 9.17) is 4.74 Å². The van der Waals surface area contributed by atoms with Gasteiger partial charge in [0.15, 0.2) is 0 Å². The van der Waals surface area contributed by atoms with Crippen molar-refractivity contribution >= 4 is 55.0 Å². The van der Waals surface area contributed by atoms with Crippen LogP contribution in [0.1, 0.15) is 56.9 Å². The number of phenols is 1. The van der Waals surface area contributed by atoms with E-state index in [1.54, 1.807) is 34.6 Å². The summed E-state index contributed by atoms with van der Waals surface area (Å²) < 4.78 is 17.7. The van der Waals surface area contributed by atoms with Crippen molar-refractivity contribution in [2.45, 2.75) is 95.8 Å². The molecule has 4 atom stereocenters. The zero-order valence-electron chi connectivity index (χ0n) is 28.0. The smallest absolute Gasteiger partial charge is 0.408 e. The number of carboxylic acid groups (broad SMARTS) is 1. The first-order valence-electron chi connectivity index (χ1n) is 15.1. The van der Waals surface area contributed by atoms with E-state index < -0.39 is 70.1 Å². The minimum atomic E-state index is -1.44. The van der Waals surface area contributed by atoms with Gasteiger partial charge in [0.25, 0.3) is 0 Å². The van der Waals surface area contributed by atoms with Crippen LogP contribution in [0.4, 0.5) is 9.18 Å². The van der Waals surface area contributed by atoms with Gasteiger partial charge in [0.05, 0.1) is 0 Å². The second-order valence-electron chi connectivity index (χ2n) is 13.0. The van der Waals surface area contributed by atoms with Crippen molar-refractivity contribution in [3.05, 3.63) is 64.5 Å². The number of phenolic OH excluding ortho intramolecular Hbond substituents is 1. The molecule has 0 heterocycles. The quantitative estimate of drug-likeness (QED) is 0.138. The zero-order valence-corrected chi connectivity index (χ0v) is 29.8. The molecule has 48 heavy (non-hydrogen) atoms. The Morgan fingerprint density at radius 2 is 1.29 bits per heavy atom. The molecule has 264 valence electrons. The number of carbonyl (C=O) groups excluding carboxylic acids is 4. The van der Waals surface area contributed by atoms with E-state index in [-0.39, 0.29) is 24.3 Å². The number of aromatic hydroxyl groups is 1. The van der Waals surface area contributed by atoms with Crippen molar-refractivity contribution in [3.8, 4) is 5.75 Å². The van der Waals surface area contributed by atoms with Crippen LogP contribution in [0.3, 0.4) is 0 Å². The highest BCUT2D eigenvalue weighted by Crippen LogP contribution is 2.23. The van der Waals surface area contributed by atoms with Crippen LogP contribution in [-0.4, -0.2) is 80.3 Å². The lowest BCUT2D eigenvalue weighted by atomic mass is 9.95. The van der Waals surface area contributed by atoms with Gasteiger partial charge in [0.1, 0.15) is 41.3 Å². The molecule has 0 aliphatic heterocycles. The minimum absolute atomic E-state index is 0.0182. The summed E-state index contributed by atoms with van der Waals surface area (Å²) in [6.07, 6.45) is -1.04. The van der Waals surface area contributed by atoms with Crippen LogP contribution in [0.25, 0.3) is 0 Å². The number of aliphatic carboxylic acids is 1. The summed E-state index contributed by atoms with van der Waals surface area (Å²) in [5.74, 6) is -4.49. The number of thiol groups is 2. The molecule has 0 aliphatic rings. The number of hydrogen-bond donors (Lipinski definition) is 8. The van der Waals surface area contributed by atoms with E-state index in [9.17, 15) is 38.6 Å². The third kappa shape index (κ3) is 12.6. The molecule has 0 unspecified atom stereocenters. The number of amides is 4. The first kappa shape index (κ1) is 40.2. The maximum Gasteiger partial charge on any atom is 0.408 e. The fourth-order valence-corrected chi connectivity index (χ4v) is 5.18. The average Bonchev–Trinajstić information content (AvgIpc) is 2.94. The Morgan fingerprint density at radius 3 is 1.77 bits per heavy atom. The largest absolute Gasteiger partial charge is 0.508 e. The number of benzene rings is 2. The molecule has 0 bridgehead atoms. The van der Waals surface area contributed by atoms with Gasteiger partial charge in [-0.3, -0.25) is 14.4 Å². The van der Waals surface area contributed by atoms with Crippen LogP contribution in [0.15, 0.2) is 36.4 Å². The summed E-state index contributed by atoms with van der Waals surface area (Å²) in [5.41, 5.74) is 1.59. The Kier molecular flexibility index (Phi) is 14.2. The molecule has 12 nitrogen and oxygen atoms in total. The van der Waals surface area contributed by atoms with Gasteiger partial charge in [-0.05, 0) is 95.0 Å². The number of carbonyl (C=O) groups is 5. The highest BCUT2D eigenvalue weighted by Gasteiger charge is 2.37. The topological polar surface area (TPSA) is 183 Å². The van der Waals surface area contributed by atoms with Gasteiger partial charge in [-0.2, -0.15) is 25.3 Å². The van der Waals surface area contributed by atoms with E-state index >= 15 is 0 Å². The standard InChI is InChI=1S/C33H45FN4O8S2/c1-17-12-21(39)13-18(2)22(17)15-24(37-31(45)46-32(3,4)5)27(40)36-25(16-47)29(42)35-23(14-19-8-10-20(34)11-9-19)28(41)38-26(30(43)44)33(6,7)48/h8-13,23-26,39,47-48H,14-16H2,1-7H3,(H,35,42)(H,36,40)(H,37,45)(H,38,41)(H,43,44)/t23-,24-,25+,26-/m0/s1. The molecule has 15 heteroatoms. The van der Waals surface area contributed by atoms with Gasteiger partial charge >= 0.3 is 12.1 Å². The van der Waals surface area contributed by atoms with Gasteiger partial charge in [-0.15, -0.1) is 0 Å². The van der Waals surface area contributed by atoms with Crippen LogP contribution >= 0.6 is 25.3 Å². The molecule has 0 aliphatic carbocycles. The number of hydrogen-bond acceptors (Lipinski definition) is 9. The first-order valence-corrected chi connectivity index (χ1v) is 16.2. The molecule has 0 spiro atoms. The van der Waals surface area contributed by atoms with E-state index in [1.165, 1.54) is 50.2 Å². The zero-order chi connectivity index (χ0) is 36.6. The highest BCUT2D eigenvalue weighted by molar-refractivity contribution is 7.81. The summed E-state index contributed by atoms with van der Waals surface area (Å²) in [5, 5.41) is 29.7. The van der Waals surface area contributed by atoms with Crippen molar-refractivity contribution in [1.82, 2.24) is 21.3 Å². The number of rotatable bonds is 14. The maximum atomic E-state index is 13.7. The predicted octanol–water partition coefficient (Wildman–Crippen LogP) is 3.00. The van der Waals surface area contributed by atoms with E-state index in [1.807, 2.05) is 0 Å². The Hall–Kier alpha value is -3.98. The lowest BCUT2D eigenvalue weighted by Crippen LogP contribution is -2.60. The summed E-state index contributed by atoms with van der Waals surface area (Å²) in [4.78, 5) is 65.2. The van der Waals surface area contributed by atoms with Gasteiger partial charge in [0.2, 0.25) is 17.7 Å². The van der Waals surface area contributed by atoms with Gasteiger partial charge in [-0.1, -0.05) is 12.1 Å². The Morgan fingerprint density at radius 1 is 0.812 bits per heavy atom. The third-order valence-corrected chi connectivity index (χ3v) is 7.76.